The van der Waals surface area contributed by atoms with Gasteiger partial charge < -0.3 is 4.74 Å². The van der Waals surface area contributed by atoms with Crippen LogP contribution in [0.2, 0.25) is 5.15 Å². The smallest absolute Gasteiger partial charge is 0.331 e. The van der Waals surface area contributed by atoms with Crippen molar-refractivity contribution >= 4 is 23.6 Å². The number of halogens is 2. The van der Waals surface area contributed by atoms with Crippen molar-refractivity contribution in [1.29, 1.82) is 0 Å². The monoisotopic (exact) mass is 398 g/mol. The molecule has 0 aliphatic rings. The molecule has 0 radical (unpaired) electrons. The first-order valence-corrected chi connectivity index (χ1v) is 9.23. The highest BCUT2D eigenvalue weighted by Crippen LogP contribution is 2.23. The van der Waals surface area contributed by atoms with Gasteiger partial charge in [0.15, 0.2) is 0 Å². The van der Waals surface area contributed by atoms with E-state index in [0.717, 1.165) is 11.3 Å². The fraction of sp³-hybridized carbons (Fsp3) is 0.182. The Labute approximate surface area is 168 Å². The minimum Gasteiger partial charge on any atom is -0.455 e. The van der Waals surface area contributed by atoms with Crippen LogP contribution < -0.4 is 0 Å². The third-order valence-electron chi connectivity index (χ3n) is 4.30. The maximum absolute atomic E-state index is 13.0. The summed E-state index contributed by atoms with van der Waals surface area (Å²) in [5, 5.41) is 4.90. The zero-order chi connectivity index (χ0) is 20.1. The first kappa shape index (κ1) is 19.8. The topological polar surface area (TPSA) is 44.1 Å². The molecule has 0 saturated carbocycles. The van der Waals surface area contributed by atoms with Crippen LogP contribution in [-0.2, 0) is 16.1 Å². The van der Waals surface area contributed by atoms with E-state index in [4.69, 9.17) is 16.3 Å². The SMILES string of the molecule is Cc1nn(Cc2ccccc2)c(Cl)c1/C=C/C(=O)O[C@H](C)c1ccc(F)cc1. The van der Waals surface area contributed by atoms with Crippen molar-refractivity contribution in [2.24, 2.45) is 0 Å². The largest absolute Gasteiger partial charge is 0.455 e. The number of hydrogen-bond donors (Lipinski definition) is 0. The highest BCUT2D eigenvalue weighted by atomic mass is 35.5. The molecule has 0 aliphatic heterocycles. The van der Waals surface area contributed by atoms with Crippen molar-refractivity contribution in [1.82, 2.24) is 9.78 Å². The number of carbonyl (C=O) groups is 1. The fourth-order valence-corrected chi connectivity index (χ4v) is 3.08. The number of rotatable bonds is 6. The summed E-state index contributed by atoms with van der Waals surface area (Å²) in [6, 6.07) is 15.7. The van der Waals surface area contributed by atoms with Crippen LogP contribution in [0.1, 0.15) is 35.4 Å². The molecule has 0 N–H and O–H groups in total. The predicted octanol–water partition coefficient (Wildman–Crippen LogP) is 5.35. The highest BCUT2D eigenvalue weighted by Gasteiger charge is 2.13. The molecule has 1 aromatic heterocycles. The summed E-state index contributed by atoms with van der Waals surface area (Å²) in [5.74, 6) is -0.845. The van der Waals surface area contributed by atoms with Gasteiger partial charge in [0.05, 0.1) is 12.2 Å². The van der Waals surface area contributed by atoms with Crippen molar-refractivity contribution in [3.05, 3.63) is 94.0 Å². The Bertz CT molecular complexity index is 982. The van der Waals surface area contributed by atoms with Crippen LogP contribution in [0.15, 0.2) is 60.7 Å². The molecule has 0 fully saturated rings. The van der Waals surface area contributed by atoms with E-state index < -0.39 is 12.1 Å². The predicted molar refractivity (Wildman–Crippen MR) is 107 cm³/mol. The lowest BCUT2D eigenvalue weighted by Crippen LogP contribution is -2.06. The second kappa shape index (κ2) is 8.85. The molecule has 2 aromatic carbocycles. The van der Waals surface area contributed by atoms with Gasteiger partial charge in [-0.2, -0.15) is 5.10 Å². The van der Waals surface area contributed by atoms with Crippen LogP contribution in [0.4, 0.5) is 4.39 Å². The van der Waals surface area contributed by atoms with Crippen LogP contribution in [0, 0.1) is 12.7 Å². The molecule has 0 amide bonds. The van der Waals surface area contributed by atoms with E-state index in [9.17, 15) is 9.18 Å². The Balaban J connectivity index is 1.68. The van der Waals surface area contributed by atoms with Crippen LogP contribution >= 0.6 is 11.6 Å². The zero-order valence-corrected chi connectivity index (χ0v) is 16.4. The number of aryl methyl sites for hydroxylation is 1. The molecule has 4 nitrogen and oxygen atoms in total. The zero-order valence-electron chi connectivity index (χ0n) is 15.6. The minimum absolute atomic E-state index is 0.334. The van der Waals surface area contributed by atoms with Gasteiger partial charge in [-0.05, 0) is 43.2 Å². The number of ether oxygens (including phenoxy) is 1. The van der Waals surface area contributed by atoms with Gasteiger partial charge >= 0.3 is 5.97 Å². The van der Waals surface area contributed by atoms with E-state index in [-0.39, 0.29) is 5.82 Å². The van der Waals surface area contributed by atoms with E-state index in [1.807, 2.05) is 37.3 Å². The van der Waals surface area contributed by atoms with Gasteiger partial charge in [0, 0.05) is 11.6 Å². The third kappa shape index (κ3) is 4.87. The molecule has 0 spiro atoms. The van der Waals surface area contributed by atoms with Crippen molar-refractivity contribution in [3.8, 4) is 0 Å². The number of hydrogen-bond acceptors (Lipinski definition) is 3. The van der Waals surface area contributed by atoms with E-state index in [1.165, 1.54) is 18.2 Å². The molecule has 144 valence electrons. The van der Waals surface area contributed by atoms with E-state index >= 15 is 0 Å². The molecular formula is C22H20ClFN2O2. The Morgan fingerprint density at radius 2 is 1.89 bits per heavy atom. The summed E-state index contributed by atoms with van der Waals surface area (Å²) in [5.41, 5.74) is 3.18. The quantitative estimate of drug-likeness (QED) is 0.415. The van der Waals surface area contributed by atoms with E-state index in [0.29, 0.717) is 22.8 Å². The summed E-state index contributed by atoms with van der Waals surface area (Å²) in [6.07, 6.45) is 2.43. The summed E-state index contributed by atoms with van der Waals surface area (Å²) in [4.78, 5) is 12.1. The maximum Gasteiger partial charge on any atom is 0.331 e. The van der Waals surface area contributed by atoms with Gasteiger partial charge in [-0.3, -0.25) is 0 Å². The van der Waals surface area contributed by atoms with Crippen molar-refractivity contribution < 1.29 is 13.9 Å². The van der Waals surface area contributed by atoms with E-state index in [1.54, 1.807) is 29.8 Å². The van der Waals surface area contributed by atoms with Crippen LogP contribution in [0.3, 0.4) is 0 Å². The summed E-state index contributed by atoms with van der Waals surface area (Å²) < 4.78 is 20.1. The highest BCUT2D eigenvalue weighted by molar-refractivity contribution is 6.31. The lowest BCUT2D eigenvalue weighted by molar-refractivity contribution is -0.142. The normalized spacial score (nSPS) is 12.3. The van der Waals surface area contributed by atoms with Gasteiger partial charge in [-0.1, -0.05) is 54.1 Å². The van der Waals surface area contributed by atoms with Gasteiger partial charge in [-0.25, -0.2) is 13.9 Å². The van der Waals surface area contributed by atoms with Crippen molar-refractivity contribution in [2.75, 3.05) is 0 Å². The summed E-state index contributed by atoms with van der Waals surface area (Å²) >= 11 is 6.44. The van der Waals surface area contributed by atoms with Gasteiger partial charge in [0.2, 0.25) is 0 Å². The van der Waals surface area contributed by atoms with Crippen LogP contribution in [0.5, 0.6) is 0 Å². The molecule has 28 heavy (non-hydrogen) atoms. The lowest BCUT2D eigenvalue weighted by Gasteiger charge is -2.11. The van der Waals surface area contributed by atoms with Crippen molar-refractivity contribution in [3.63, 3.8) is 0 Å². The fourth-order valence-electron chi connectivity index (χ4n) is 2.78. The molecule has 0 aliphatic carbocycles. The van der Waals surface area contributed by atoms with Crippen molar-refractivity contribution in [2.45, 2.75) is 26.5 Å². The van der Waals surface area contributed by atoms with E-state index in [2.05, 4.69) is 5.10 Å². The second-order valence-electron chi connectivity index (χ2n) is 6.40. The van der Waals surface area contributed by atoms with Crippen LogP contribution in [-0.4, -0.2) is 15.7 Å². The average Bonchev–Trinajstić information content (AvgIpc) is 2.94. The Kier molecular flexibility index (Phi) is 6.26. The van der Waals surface area contributed by atoms with Crippen LogP contribution in [0.25, 0.3) is 6.08 Å². The Hall–Kier alpha value is -2.92. The Morgan fingerprint density at radius 3 is 2.57 bits per heavy atom. The molecule has 1 heterocycles. The lowest BCUT2D eigenvalue weighted by atomic mass is 10.1. The molecule has 3 rings (SSSR count). The summed E-state index contributed by atoms with van der Waals surface area (Å²) in [6.45, 7) is 4.11. The first-order chi connectivity index (χ1) is 13.4. The molecule has 0 bridgehead atoms. The maximum atomic E-state index is 13.0. The molecule has 0 saturated heterocycles. The number of esters is 1. The molecular weight excluding hydrogens is 379 g/mol. The second-order valence-corrected chi connectivity index (χ2v) is 6.76. The molecule has 1 atom stereocenters. The number of carbonyl (C=O) groups excluding carboxylic acids is 1. The molecule has 3 aromatic rings. The summed E-state index contributed by atoms with van der Waals surface area (Å²) in [7, 11) is 0. The Morgan fingerprint density at radius 1 is 1.21 bits per heavy atom. The first-order valence-electron chi connectivity index (χ1n) is 8.85. The number of benzene rings is 2. The standard InChI is InChI=1S/C22H20ClFN2O2/c1-15-20(22(23)26(25-15)14-17-6-4-3-5-7-17)12-13-21(27)28-16(2)18-8-10-19(24)11-9-18/h3-13,16H,14H2,1-2H3/b13-12+/t16-/m1/s1. The number of aromatic nitrogens is 2. The van der Waals surface area contributed by atoms with Gasteiger partial charge in [0.1, 0.15) is 17.1 Å². The average molecular weight is 399 g/mol. The van der Waals surface area contributed by atoms with Gasteiger partial charge in [0.25, 0.3) is 0 Å². The van der Waals surface area contributed by atoms with Gasteiger partial charge in [-0.15, -0.1) is 0 Å². The minimum atomic E-state index is -0.511. The molecule has 0 unspecified atom stereocenters. The third-order valence-corrected chi connectivity index (χ3v) is 4.70. The molecule has 6 heteroatoms. The number of nitrogens with zero attached hydrogens (tertiary/aromatic N) is 2.